The van der Waals surface area contributed by atoms with E-state index in [4.69, 9.17) is 0 Å². The van der Waals surface area contributed by atoms with E-state index >= 15 is 0 Å². The zero-order valence-corrected chi connectivity index (χ0v) is 14.2. The van der Waals surface area contributed by atoms with Gasteiger partial charge in [0.1, 0.15) is 11.6 Å². The van der Waals surface area contributed by atoms with Crippen molar-refractivity contribution in [3.63, 3.8) is 0 Å². The van der Waals surface area contributed by atoms with Gasteiger partial charge in [-0.25, -0.2) is 8.78 Å². The molecule has 138 valence electrons. The number of pyridine rings is 1. The van der Waals surface area contributed by atoms with Gasteiger partial charge in [0.05, 0.1) is 24.3 Å². The zero-order valence-electron chi connectivity index (χ0n) is 14.2. The summed E-state index contributed by atoms with van der Waals surface area (Å²) in [4.78, 5) is 18.5. The molecule has 2 N–H and O–H groups in total. The zero-order chi connectivity index (χ0) is 18.5. The Kier molecular flexibility index (Phi) is 5.90. The van der Waals surface area contributed by atoms with Crippen LogP contribution in [-0.2, 0) is 17.8 Å². The number of rotatable bonds is 5. The number of nitrogens with zero attached hydrogens (tertiary/aromatic N) is 2. The second kappa shape index (κ2) is 8.33. The number of benzene rings is 1. The van der Waals surface area contributed by atoms with E-state index in [1.54, 1.807) is 6.20 Å². The highest BCUT2D eigenvalue weighted by molar-refractivity contribution is 5.79. The largest absolute Gasteiger partial charge is 0.390 e. The third kappa shape index (κ3) is 4.83. The van der Waals surface area contributed by atoms with E-state index in [9.17, 15) is 18.7 Å². The highest BCUT2D eigenvalue weighted by Gasteiger charge is 2.29. The van der Waals surface area contributed by atoms with Crippen molar-refractivity contribution in [1.29, 1.82) is 0 Å². The molecule has 1 aliphatic rings. The predicted octanol–water partition coefficient (Wildman–Crippen LogP) is 1.65. The van der Waals surface area contributed by atoms with E-state index in [-0.39, 0.29) is 18.0 Å². The Balaban J connectivity index is 1.50. The van der Waals surface area contributed by atoms with Gasteiger partial charge in [-0.05, 0) is 30.2 Å². The number of halogens is 2. The van der Waals surface area contributed by atoms with Crippen LogP contribution < -0.4 is 5.32 Å². The SMILES string of the molecule is O=C(Cc1ccc(F)cc1F)N[C@@H]1CCN(Cc2ccccn2)C[C@H]1O. The molecule has 0 unspecified atom stereocenters. The molecule has 3 rings (SSSR count). The molecule has 0 bridgehead atoms. The number of carbonyl (C=O) groups excluding carboxylic acids is 1. The summed E-state index contributed by atoms with van der Waals surface area (Å²) < 4.78 is 26.6. The van der Waals surface area contributed by atoms with Gasteiger partial charge in [0.15, 0.2) is 0 Å². The third-order valence-corrected chi connectivity index (χ3v) is 4.49. The summed E-state index contributed by atoms with van der Waals surface area (Å²) in [5.41, 5.74) is 1.06. The van der Waals surface area contributed by atoms with Crippen LogP contribution in [0.1, 0.15) is 17.7 Å². The number of amides is 1. The Bertz CT molecular complexity index is 758. The summed E-state index contributed by atoms with van der Waals surface area (Å²) >= 11 is 0. The minimum atomic E-state index is -0.745. The Hall–Kier alpha value is -2.38. The maximum atomic E-state index is 13.6. The molecule has 1 amide bonds. The number of aliphatic hydroxyl groups is 1. The third-order valence-electron chi connectivity index (χ3n) is 4.49. The quantitative estimate of drug-likeness (QED) is 0.850. The van der Waals surface area contributed by atoms with Crippen LogP contribution in [-0.4, -0.2) is 46.1 Å². The molecule has 1 saturated heterocycles. The van der Waals surface area contributed by atoms with Crippen LogP contribution >= 0.6 is 0 Å². The first kappa shape index (κ1) is 18.4. The lowest BCUT2D eigenvalue weighted by atomic mass is 10.0. The second-order valence-electron chi connectivity index (χ2n) is 6.50. The summed E-state index contributed by atoms with van der Waals surface area (Å²) in [6, 6.07) is 8.45. The van der Waals surface area contributed by atoms with E-state index in [0.717, 1.165) is 17.8 Å². The standard InChI is InChI=1S/C19H21F2N3O2/c20-14-5-4-13(16(21)10-14)9-19(26)23-17-6-8-24(12-18(17)25)11-15-3-1-2-7-22-15/h1-5,7,10,17-18,25H,6,8-9,11-12H2,(H,23,26)/t17-,18-/m1/s1. The van der Waals surface area contributed by atoms with Crippen LogP contribution in [0.2, 0.25) is 0 Å². The van der Waals surface area contributed by atoms with Gasteiger partial charge in [-0.2, -0.15) is 0 Å². The average molecular weight is 361 g/mol. The smallest absolute Gasteiger partial charge is 0.224 e. The first-order valence-corrected chi connectivity index (χ1v) is 8.55. The molecule has 0 saturated carbocycles. The molecular formula is C19H21F2N3O2. The molecule has 1 aliphatic heterocycles. The molecule has 2 atom stereocenters. The van der Waals surface area contributed by atoms with E-state index in [1.807, 2.05) is 18.2 Å². The summed E-state index contributed by atoms with van der Waals surface area (Å²) in [6.45, 7) is 1.77. The van der Waals surface area contributed by atoms with Gasteiger partial charge in [-0.15, -0.1) is 0 Å². The first-order valence-electron chi connectivity index (χ1n) is 8.55. The maximum Gasteiger partial charge on any atom is 0.224 e. The summed E-state index contributed by atoms with van der Waals surface area (Å²) in [6.07, 6.45) is 1.42. The van der Waals surface area contributed by atoms with Crippen LogP contribution in [0, 0.1) is 11.6 Å². The lowest BCUT2D eigenvalue weighted by molar-refractivity contribution is -0.122. The van der Waals surface area contributed by atoms with Crippen molar-refractivity contribution < 1.29 is 18.7 Å². The van der Waals surface area contributed by atoms with Crippen molar-refractivity contribution in [2.24, 2.45) is 0 Å². The molecular weight excluding hydrogens is 340 g/mol. The molecule has 0 radical (unpaired) electrons. The van der Waals surface area contributed by atoms with Crippen molar-refractivity contribution >= 4 is 5.91 Å². The van der Waals surface area contributed by atoms with Crippen molar-refractivity contribution in [3.05, 3.63) is 65.5 Å². The van der Waals surface area contributed by atoms with E-state index in [1.165, 1.54) is 6.07 Å². The lowest BCUT2D eigenvalue weighted by Gasteiger charge is -2.36. The van der Waals surface area contributed by atoms with Gasteiger partial charge in [0, 0.05) is 31.9 Å². The predicted molar refractivity (Wildman–Crippen MR) is 92.1 cm³/mol. The summed E-state index contributed by atoms with van der Waals surface area (Å²) in [7, 11) is 0. The monoisotopic (exact) mass is 361 g/mol. The van der Waals surface area contributed by atoms with Gasteiger partial charge in [0.2, 0.25) is 5.91 Å². The number of β-amino-alcohol motifs (C(OH)–C–C–N with tert-alkyl or cyclic N) is 1. The molecule has 7 heteroatoms. The molecule has 5 nitrogen and oxygen atoms in total. The number of piperidine rings is 1. The fourth-order valence-electron chi connectivity index (χ4n) is 3.13. The van der Waals surface area contributed by atoms with Crippen molar-refractivity contribution in [3.8, 4) is 0 Å². The van der Waals surface area contributed by atoms with Crippen LogP contribution in [0.15, 0.2) is 42.6 Å². The Morgan fingerprint density at radius 3 is 2.85 bits per heavy atom. The van der Waals surface area contributed by atoms with Crippen molar-refractivity contribution in [1.82, 2.24) is 15.2 Å². The first-order chi connectivity index (χ1) is 12.5. The molecule has 0 aliphatic carbocycles. The van der Waals surface area contributed by atoms with Crippen molar-refractivity contribution in [2.45, 2.75) is 31.5 Å². The van der Waals surface area contributed by atoms with E-state index in [2.05, 4.69) is 15.2 Å². The number of hydrogen-bond donors (Lipinski definition) is 2. The molecule has 2 heterocycles. The van der Waals surface area contributed by atoms with Crippen LogP contribution in [0.25, 0.3) is 0 Å². The highest BCUT2D eigenvalue weighted by Crippen LogP contribution is 2.15. The van der Waals surface area contributed by atoms with Gasteiger partial charge in [-0.3, -0.25) is 14.7 Å². The highest BCUT2D eigenvalue weighted by atomic mass is 19.1. The molecule has 2 aromatic rings. The Labute approximate surface area is 150 Å². The fraction of sp³-hybridized carbons (Fsp3) is 0.368. The molecule has 0 spiro atoms. The van der Waals surface area contributed by atoms with Crippen LogP contribution in [0.4, 0.5) is 8.78 Å². The Morgan fingerprint density at radius 1 is 1.31 bits per heavy atom. The van der Waals surface area contributed by atoms with Crippen LogP contribution in [0.3, 0.4) is 0 Å². The number of carbonyl (C=O) groups is 1. The lowest BCUT2D eigenvalue weighted by Crippen LogP contribution is -2.54. The minimum Gasteiger partial charge on any atom is -0.390 e. The topological polar surface area (TPSA) is 65.5 Å². The number of nitrogens with one attached hydrogen (secondary N) is 1. The van der Waals surface area contributed by atoms with Crippen molar-refractivity contribution in [2.75, 3.05) is 13.1 Å². The van der Waals surface area contributed by atoms with Gasteiger partial charge < -0.3 is 10.4 Å². The average Bonchev–Trinajstić information content (AvgIpc) is 2.61. The van der Waals surface area contributed by atoms with Gasteiger partial charge >= 0.3 is 0 Å². The molecule has 1 aromatic heterocycles. The summed E-state index contributed by atoms with van der Waals surface area (Å²) in [5.74, 6) is -1.81. The number of hydrogen-bond acceptors (Lipinski definition) is 4. The normalized spacial score (nSPS) is 20.7. The fourth-order valence-corrected chi connectivity index (χ4v) is 3.13. The Morgan fingerprint density at radius 2 is 2.15 bits per heavy atom. The van der Waals surface area contributed by atoms with Gasteiger partial charge in [-0.1, -0.05) is 12.1 Å². The second-order valence-corrected chi connectivity index (χ2v) is 6.50. The van der Waals surface area contributed by atoms with Gasteiger partial charge in [0.25, 0.3) is 0 Å². The number of likely N-dealkylation sites (tertiary alicyclic amines) is 1. The molecule has 1 aromatic carbocycles. The number of aliphatic hydroxyl groups excluding tert-OH is 1. The molecule has 26 heavy (non-hydrogen) atoms. The van der Waals surface area contributed by atoms with E-state index in [0.29, 0.717) is 26.1 Å². The van der Waals surface area contributed by atoms with E-state index < -0.39 is 23.6 Å². The summed E-state index contributed by atoms with van der Waals surface area (Å²) in [5, 5.41) is 13.1. The number of aromatic nitrogens is 1. The maximum absolute atomic E-state index is 13.6. The minimum absolute atomic E-state index is 0.131. The van der Waals surface area contributed by atoms with Crippen LogP contribution in [0.5, 0.6) is 0 Å². The molecule has 1 fully saturated rings.